The molecule has 18 heavy (non-hydrogen) atoms. The van der Waals surface area contributed by atoms with E-state index < -0.39 is 0 Å². The van der Waals surface area contributed by atoms with Gasteiger partial charge in [0, 0.05) is 6.54 Å². The maximum atomic E-state index is 12.1. The average molecular weight is 267 g/mol. The maximum absolute atomic E-state index is 12.1. The van der Waals surface area contributed by atoms with E-state index in [1.807, 2.05) is 6.92 Å². The third kappa shape index (κ3) is 3.02. The predicted octanol–water partition coefficient (Wildman–Crippen LogP) is 2.73. The molecule has 3 N–H and O–H groups in total. The number of hydrogen-bond acceptors (Lipinski definition) is 4. The molecule has 1 fully saturated rings. The first-order valence-electron chi connectivity index (χ1n) is 6.51. The zero-order chi connectivity index (χ0) is 13.2. The summed E-state index contributed by atoms with van der Waals surface area (Å²) in [5.74, 6) is -0.0338. The molecule has 0 bridgehead atoms. The van der Waals surface area contributed by atoms with Gasteiger partial charge >= 0.3 is 0 Å². The standard InChI is InChI=1S/C13H21N3OS/c1-9-10(18-12(14)16-9)11(17)15-8-13(2)6-4-3-5-7-13/h3-8H2,1-2H3,(H2,14,16)(H,15,17). The van der Waals surface area contributed by atoms with Crippen molar-refractivity contribution in [1.29, 1.82) is 0 Å². The molecular formula is C13H21N3OS. The number of thiazole rings is 1. The molecule has 1 saturated carbocycles. The molecule has 5 heteroatoms. The fourth-order valence-corrected chi connectivity index (χ4v) is 3.33. The van der Waals surface area contributed by atoms with Gasteiger partial charge in [0.05, 0.1) is 5.69 Å². The Morgan fingerprint density at radius 2 is 2.11 bits per heavy atom. The highest BCUT2D eigenvalue weighted by Crippen LogP contribution is 2.35. The molecule has 1 heterocycles. The van der Waals surface area contributed by atoms with Crippen LogP contribution in [0.5, 0.6) is 0 Å². The van der Waals surface area contributed by atoms with Crippen LogP contribution in [0.15, 0.2) is 0 Å². The molecular weight excluding hydrogens is 246 g/mol. The monoisotopic (exact) mass is 267 g/mol. The van der Waals surface area contributed by atoms with Gasteiger partial charge in [0.1, 0.15) is 4.88 Å². The number of nitrogens with zero attached hydrogens (tertiary/aromatic N) is 1. The van der Waals surface area contributed by atoms with E-state index in [-0.39, 0.29) is 11.3 Å². The quantitative estimate of drug-likeness (QED) is 0.884. The van der Waals surface area contributed by atoms with Crippen LogP contribution in [0.2, 0.25) is 0 Å². The summed E-state index contributed by atoms with van der Waals surface area (Å²) in [6, 6.07) is 0. The third-order valence-electron chi connectivity index (χ3n) is 3.76. The Kier molecular flexibility index (Phi) is 3.90. The van der Waals surface area contributed by atoms with Crippen molar-refractivity contribution in [1.82, 2.24) is 10.3 Å². The van der Waals surface area contributed by atoms with Gasteiger partial charge in [-0.1, -0.05) is 37.5 Å². The summed E-state index contributed by atoms with van der Waals surface area (Å²) in [6.45, 7) is 4.84. The molecule has 0 unspecified atom stereocenters. The highest BCUT2D eigenvalue weighted by atomic mass is 32.1. The molecule has 1 amide bonds. The van der Waals surface area contributed by atoms with E-state index in [1.165, 1.54) is 43.4 Å². The molecule has 1 aromatic rings. The summed E-state index contributed by atoms with van der Waals surface area (Å²) in [7, 11) is 0. The second kappa shape index (κ2) is 5.26. The molecule has 4 nitrogen and oxygen atoms in total. The number of nitrogens with two attached hydrogens (primary N) is 1. The fraction of sp³-hybridized carbons (Fsp3) is 0.692. The van der Waals surface area contributed by atoms with Crippen LogP contribution in [0.4, 0.5) is 5.13 Å². The Balaban J connectivity index is 1.94. The number of aromatic nitrogens is 1. The van der Waals surface area contributed by atoms with Gasteiger partial charge in [0.15, 0.2) is 5.13 Å². The van der Waals surface area contributed by atoms with Crippen molar-refractivity contribution >= 4 is 22.4 Å². The highest BCUT2D eigenvalue weighted by molar-refractivity contribution is 7.17. The molecule has 1 aliphatic rings. The van der Waals surface area contributed by atoms with Gasteiger partial charge in [0.25, 0.3) is 5.91 Å². The van der Waals surface area contributed by atoms with Gasteiger partial charge in [-0.25, -0.2) is 4.98 Å². The van der Waals surface area contributed by atoms with Crippen LogP contribution in [0.3, 0.4) is 0 Å². The number of carbonyl (C=O) groups excluding carboxylic acids is 1. The normalized spacial score (nSPS) is 18.6. The van der Waals surface area contributed by atoms with Gasteiger partial charge in [-0.2, -0.15) is 0 Å². The molecule has 1 aliphatic carbocycles. The average Bonchev–Trinajstić information content (AvgIpc) is 2.67. The van der Waals surface area contributed by atoms with Gasteiger partial charge in [-0.3, -0.25) is 4.79 Å². The van der Waals surface area contributed by atoms with E-state index in [2.05, 4.69) is 17.2 Å². The first kappa shape index (κ1) is 13.3. The zero-order valence-electron chi connectivity index (χ0n) is 11.1. The molecule has 0 aliphatic heterocycles. The van der Waals surface area contributed by atoms with Crippen molar-refractivity contribution in [3.63, 3.8) is 0 Å². The summed E-state index contributed by atoms with van der Waals surface area (Å²) in [6.07, 6.45) is 6.29. The van der Waals surface area contributed by atoms with Crippen LogP contribution in [0.1, 0.15) is 54.4 Å². The Bertz CT molecular complexity index is 435. The van der Waals surface area contributed by atoms with Gasteiger partial charge in [-0.15, -0.1) is 0 Å². The molecule has 100 valence electrons. The van der Waals surface area contributed by atoms with Crippen LogP contribution >= 0.6 is 11.3 Å². The molecule has 0 saturated heterocycles. The topological polar surface area (TPSA) is 68.0 Å². The summed E-state index contributed by atoms with van der Waals surface area (Å²) in [4.78, 5) is 16.8. The van der Waals surface area contributed by atoms with Gasteiger partial charge < -0.3 is 11.1 Å². The summed E-state index contributed by atoms with van der Waals surface area (Å²) >= 11 is 1.26. The van der Waals surface area contributed by atoms with Crippen molar-refractivity contribution in [2.75, 3.05) is 12.3 Å². The van der Waals surface area contributed by atoms with Crippen molar-refractivity contribution < 1.29 is 4.79 Å². The van der Waals surface area contributed by atoms with E-state index in [0.717, 1.165) is 12.2 Å². The van der Waals surface area contributed by atoms with Crippen LogP contribution < -0.4 is 11.1 Å². The van der Waals surface area contributed by atoms with E-state index in [1.54, 1.807) is 0 Å². The smallest absolute Gasteiger partial charge is 0.263 e. The van der Waals surface area contributed by atoms with E-state index in [4.69, 9.17) is 5.73 Å². The number of hydrogen-bond donors (Lipinski definition) is 2. The molecule has 0 atom stereocenters. The summed E-state index contributed by atoms with van der Waals surface area (Å²) in [5.41, 5.74) is 6.60. The van der Waals surface area contributed by atoms with Crippen molar-refractivity contribution in [2.24, 2.45) is 5.41 Å². The first-order chi connectivity index (χ1) is 8.50. The largest absolute Gasteiger partial charge is 0.375 e. The molecule has 1 aromatic heterocycles. The van der Waals surface area contributed by atoms with Gasteiger partial charge in [-0.05, 0) is 25.2 Å². The number of anilines is 1. The lowest BCUT2D eigenvalue weighted by Gasteiger charge is -2.33. The highest BCUT2D eigenvalue weighted by Gasteiger charge is 2.27. The number of aryl methyl sites for hydroxylation is 1. The van der Waals surface area contributed by atoms with Crippen molar-refractivity contribution in [3.05, 3.63) is 10.6 Å². The Morgan fingerprint density at radius 3 is 2.67 bits per heavy atom. The molecule has 0 spiro atoms. The third-order valence-corrected chi connectivity index (χ3v) is 4.74. The van der Waals surface area contributed by atoms with Crippen LogP contribution in [-0.2, 0) is 0 Å². The number of amides is 1. The number of carbonyl (C=O) groups is 1. The Labute approximate surface area is 112 Å². The second-order valence-electron chi connectivity index (χ2n) is 5.52. The minimum absolute atomic E-state index is 0.0338. The number of rotatable bonds is 3. The van der Waals surface area contributed by atoms with Crippen molar-refractivity contribution in [2.45, 2.75) is 46.0 Å². The Morgan fingerprint density at radius 1 is 1.44 bits per heavy atom. The predicted molar refractivity (Wildman–Crippen MR) is 74.8 cm³/mol. The molecule has 0 radical (unpaired) electrons. The summed E-state index contributed by atoms with van der Waals surface area (Å²) in [5, 5.41) is 3.50. The minimum atomic E-state index is -0.0338. The van der Waals surface area contributed by atoms with E-state index >= 15 is 0 Å². The lowest BCUT2D eigenvalue weighted by molar-refractivity contribution is 0.0922. The molecule has 0 aromatic carbocycles. The number of nitrogen functional groups attached to an aromatic ring is 1. The minimum Gasteiger partial charge on any atom is -0.375 e. The Hall–Kier alpha value is -1.10. The first-order valence-corrected chi connectivity index (χ1v) is 7.33. The SMILES string of the molecule is Cc1nc(N)sc1C(=O)NCC1(C)CCCCC1. The second-order valence-corrected chi connectivity index (χ2v) is 6.55. The summed E-state index contributed by atoms with van der Waals surface area (Å²) < 4.78 is 0. The zero-order valence-corrected chi connectivity index (χ0v) is 11.9. The van der Waals surface area contributed by atoms with Crippen LogP contribution in [0.25, 0.3) is 0 Å². The fourth-order valence-electron chi connectivity index (χ4n) is 2.58. The van der Waals surface area contributed by atoms with Crippen molar-refractivity contribution in [3.8, 4) is 0 Å². The van der Waals surface area contributed by atoms with Gasteiger partial charge in [0.2, 0.25) is 0 Å². The van der Waals surface area contributed by atoms with Crippen LogP contribution in [0, 0.1) is 12.3 Å². The lowest BCUT2D eigenvalue weighted by atomic mass is 9.76. The van der Waals surface area contributed by atoms with E-state index in [9.17, 15) is 4.79 Å². The maximum Gasteiger partial charge on any atom is 0.263 e. The van der Waals surface area contributed by atoms with E-state index in [0.29, 0.717) is 10.0 Å². The molecule has 2 rings (SSSR count). The number of nitrogens with one attached hydrogen (secondary N) is 1. The lowest BCUT2D eigenvalue weighted by Crippen LogP contribution is -2.36. The van der Waals surface area contributed by atoms with Crippen LogP contribution in [-0.4, -0.2) is 17.4 Å².